The molecular formula is C24H20ClN3O4S2. The first-order valence-corrected chi connectivity index (χ1v) is 13.6. The fraction of sp³-hybridized carbons (Fsp3) is 0.167. The van der Waals surface area contributed by atoms with Gasteiger partial charge < -0.3 is 15.4 Å². The first-order valence-electron chi connectivity index (χ1n) is 10.5. The summed E-state index contributed by atoms with van der Waals surface area (Å²) in [5, 5.41) is 7.41. The number of ether oxygens (including phenoxy) is 1. The Kier molecular flexibility index (Phi) is 6.24. The Balaban J connectivity index is 1.16. The van der Waals surface area contributed by atoms with Crippen LogP contribution in [-0.2, 0) is 9.84 Å². The van der Waals surface area contributed by atoms with Gasteiger partial charge in [0.05, 0.1) is 17.5 Å². The molecule has 0 saturated carbocycles. The van der Waals surface area contributed by atoms with Crippen LogP contribution in [0.25, 0.3) is 0 Å². The van der Waals surface area contributed by atoms with Crippen molar-refractivity contribution < 1.29 is 17.9 Å². The summed E-state index contributed by atoms with van der Waals surface area (Å²) in [4.78, 5) is 17.1. The number of aliphatic imine (C=N–C) groups is 1. The minimum atomic E-state index is -2.97. The van der Waals surface area contributed by atoms with E-state index in [9.17, 15) is 13.2 Å². The van der Waals surface area contributed by atoms with Crippen LogP contribution in [0.5, 0.6) is 11.5 Å². The minimum Gasteiger partial charge on any atom is -0.457 e. The zero-order chi connectivity index (χ0) is 23.7. The van der Waals surface area contributed by atoms with Crippen LogP contribution in [0.2, 0.25) is 5.02 Å². The van der Waals surface area contributed by atoms with Gasteiger partial charge in [0.15, 0.2) is 15.0 Å². The Morgan fingerprint density at radius 3 is 2.18 bits per heavy atom. The Morgan fingerprint density at radius 1 is 0.912 bits per heavy atom. The van der Waals surface area contributed by atoms with E-state index in [-0.39, 0.29) is 28.7 Å². The molecule has 10 heteroatoms. The summed E-state index contributed by atoms with van der Waals surface area (Å²) >= 11 is 7.34. The first-order chi connectivity index (χ1) is 16.3. The number of carbonyl (C=O) groups is 1. The highest BCUT2D eigenvalue weighted by Gasteiger charge is 2.42. The van der Waals surface area contributed by atoms with E-state index in [2.05, 4.69) is 15.6 Å². The summed E-state index contributed by atoms with van der Waals surface area (Å²) in [5.41, 5.74) is 1.94. The quantitative estimate of drug-likeness (QED) is 0.494. The topological polar surface area (TPSA) is 96.9 Å². The molecule has 0 radical (unpaired) electrons. The first kappa shape index (κ1) is 22.8. The maximum atomic E-state index is 12.6. The van der Waals surface area contributed by atoms with Crippen molar-refractivity contribution in [3.63, 3.8) is 0 Å². The van der Waals surface area contributed by atoms with Crippen LogP contribution in [0.4, 0.5) is 11.4 Å². The normalized spacial score (nSPS) is 20.3. The number of hydrogen-bond acceptors (Lipinski definition) is 7. The van der Waals surface area contributed by atoms with Gasteiger partial charge in [-0.3, -0.25) is 9.79 Å². The zero-order valence-electron chi connectivity index (χ0n) is 17.8. The van der Waals surface area contributed by atoms with E-state index >= 15 is 0 Å². The Bertz CT molecular complexity index is 1340. The van der Waals surface area contributed by atoms with Crippen LogP contribution in [0.3, 0.4) is 0 Å². The van der Waals surface area contributed by atoms with E-state index in [0.717, 1.165) is 5.69 Å². The number of sulfone groups is 1. The third-order valence-corrected chi connectivity index (χ3v) is 8.77. The summed E-state index contributed by atoms with van der Waals surface area (Å²) in [6.07, 6.45) is 0. The van der Waals surface area contributed by atoms with Crippen LogP contribution in [0.15, 0.2) is 77.8 Å². The van der Waals surface area contributed by atoms with Gasteiger partial charge in [0, 0.05) is 27.2 Å². The molecular weight excluding hydrogens is 494 g/mol. The number of fused-ring (bicyclic) bond motifs is 1. The molecule has 0 unspecified atom stereocenters. The van der Waals surface area contributed by atoms with Gasteiger partial charge in [-0.05, 0) is 72.8 Å². The number of benzene rings is 3. The SMILES string of the molecule is O=C(Nc1ccc(Oc2ccc(Cl)cc2)cc1)c1ccc(NC2=N[C@@H]3CS(=O)(=O)C[C@@H]3S2)cc1. The molecule has 0 bridgehead atoms. The molecule has 3 aromatic carbocycles. The second kappa shape index (κ2) is 9.32. The number of rotatable bonds is 5. The smallest absolute Gasteiger partial charge is 0.255 e. The van der Waals surface area contributed by atoms with Gasteiger partial charge in [0.2, 0.25) is 0 Å². The van der Waals surface area contributed by atoms with Gasteiger partial charge in [-0.15, -0.1) is 0 Å². The maximum Gasteiger partial charge on any atom is 0.255 e. The molecule has 7 nitrogen and oxygen atoms in total. The largest absolute Gasteiger partial charge is 0.457 e. The standard InChI is InChI=1S/C24H20ClN3O4S2/c25-16-3-9-19(10-4-16)32-20-11-7-17(8-12-20)26-23(29)15-1-5-18(6-2-15)27-24-28-21-13-34(30,31)14-22(21)33-24/h1-12,21-22H,13-14H2,(H,26,29)(H,27,28)/t21-,22+/m1/s1. The second-order valence-electron chi connectivity index (χ2n) is 7.97. The molecule has 2 atom stereocenters. The van der Waals surface area contributed by atoms with Crippen LogP contribution >= 0.6 is 23.4 Å². The van der Waals surface area contributed by atoms with Crippen molar-refractivity contribution in [2.75, 3.05) is 22.1 Å². The lowest BCUT2D eigenvalue weighted by Gasteiger charge is -2.10. The van der Waals surface area contributed by atoms with Gasteiger partial charge in [-0.2, -0.15) is 0 Å². The number of amidine groups is 1. The van der Waals surface area contributed by atoms with E-state index in [1.54, 1.807) is 72.8 Å². The lowest BCUT2D eigenvalue weighted by Crippen LogP contribution is -2.13. The number of carbonyl (C=O) groups excluding carboxylic acids is 1. The third kappa shape index (κ3) is 5.38. The molecule has 2 N–H and O–H groups in total. The number of nitrogens with zero attached hydrogens (tertiary/aromatic N) is 1. The molecule has 5 rings (SSSR count). The molecule has 34 heavy (non-hydrogen) atoms. The monoisotopic (exact) mass is 513 g/mol. The molecule has 0 aromatic heterocycles. The zero-order valence-corrected chi connectivity index (χ0v) is 20.2. The number of hydrogen-bond donors (Lipinski definition) is 2. The number of amides is 1. The maximum absolute atomic E-state index is 12.6. The van der Waals surface area contributed by atoms with Crippen molar-refractivity contribution in [3.8, 4) is 11.5 Å². The van der Waals surface area contributed by atoms with Crippen molar-refractivity contribution in [2.45, 2.75) is 11.3 Å². The summed E-state index contributed by atoms with van der Waals surface area (Å²) < 4.78 is 29.1. The van der Waals surface area contributed by atoms with E-state index in [0.29, 0.717) is 32.9 Å². The van der Waals surface area contributed by atoms with Crippen LogP contribution in [-0.4, -0.2) is 42.3 Å². The lowest BCUT2D eigenvalue weighted by atomic mass is 10.2. The Labute approximate surface area is 206 Å². The van der Waals surface area contributed by atoms with Gasteiger partial charge in [-0.1, -0.05) is 23.4 Å². The van der Waals surface area contributed by atoms with Gasteiger partial charge in [0.1, 0.15) is 11.5 Å². The van der Waals surface area contributed by atoms with Crippen molar-refractivity contribution >= 4 is 55.6 Å². The van der Waals surface area contributed by atoms with Crippen molar-refractivity contribution in [1.82, 2.24) is 0 Å². The molecule has 174 valence electrons. The van der Waals surface area contributed by atoms with Crippen molar-refractivity contribution in [2.24, 2.45) is 4.99 Å². The van der Waals surface area contributed by atoms with Gasteiger partial charge in [0.25, 0.3) is 5.91 Å². The van der Waals surface area contributed by atoms with Gasteiger partial charge >= 0.3 is 0 Å². The summed E-state index contributed by atoms with van der Waals surface area (Å²) in [6.45, 7) is 0. The van der Waals surface area contributed by atoms with Crippen LogP contribution in [0.1, 0.15) is 10.4 Å². The van der Waals surface area contributed by atoms with Gasteiger partial charge in [-0.25, -0.2) is 8.42 Å². The number of nitrogens with one attached hydrogen (secondary N) is 2. The van der Waals surface area contributed by atoms with Crippen molar-refractivity contribution in [3.05, 3.63) is 83.4 Å². The van der Waals surface area contributed by atoms with E-state index in [1.807, 2.05) is 0 Å². The average molecular weight is 514 g/mol. The predicted octanol–water partition coefficient (Wildman–Crippen LogP) is 5.06. The Morgan fingerprint density at radius 2 is 1.53 bits per heavy atom. The molecule has 2 aliphatic heterocycles. The number of anilines is 2. The number of thioether (sulfide) groups is 1. The third-order valence-electron chi connectivity index (χ3n) is 5.38. The second-order valence-corrected chi connectivity index (χ2v) is 11.8. The molecule has 2 aliphatic rings. The molecule has 2 heterocycles. The molecule has 1 amide bonds. The molecule has 0 aliphatic carbocycles. The molecule has 0 spiro atoms. The van der Waals surface area contributed by atoms with Crippen LogP contribution < -0.4 is 15.4 Å². The highest BCUT2D eigenvalue weighted by molar-refractivity contribution is 8.15. The molecule has 3 aromatic rings. The molecule has 1 saturated heterocycles. The Hall–Kier alpha value is -3.01. The summed E-state index contributed by atoms with van der Waals surface area (Å²) in [7, 11) is -2.97. The van der Waals surface area contributed by atoms with Crippen molar-refractivity contribution in [1.29, 1.82) is 0 Å². The van der Waals surface area contributed by atoms with E-state index in [1.165, 1.54) is 11.8 Å². The highest BCUT2D eigenvalue weighted by Crippen LogP contribution is 2.34. The van der Waals surface area contributed by atoms with Crippen LogP contribution in [0, 0.1) is 0 Å². The van der Waals surface area contributed by atoms with E-state index in [4.69, 9.17) is 16.3 Å². The lowest BCUT2D eigenvalue weighted by molar-refractivity contribution is 0.102. The number of halogens is 1. The predicted molar refractivity (Wildman–Crippen MR) is 137 cm³/mol. The fourth-order valence-electron chi connectivity index (χ4n) is 3.69. The summed E-state index contributed by atoms with van der Waals surface area (Å²) in [6, 6.07) is 21.0. The molecule has 1 fully saturated rings. The fourth-order valence-corrected chi connectivity index (χ4v) is 7.49. The average Bonchev–Trinajstić information content (AvgIpc) is 3.29. The van der Waals surface area contributed by atoms with E-state index < -0.39 is 9.84 Å². The summed E-state index contributed by atoms with van der Waals surface area (Å²) in [5.74, 6) is 1.37. The highest BCUT2D eigenvalue weighted by atomic mass is 35.5. The minimum absolute atomic E-state index is 0.0134.